The van der Waals surface area contributed by atoms with Gasteiger partial charge in [-0.2, -0.15) is 0 Å². The van der Waals surface area contributed by atoms with Crippen molar-refractivity contribution in [3.63, 3.8) is 0 Å². The molecule has 0 spiro atoms. The number of para-hydroxylation sites is 1. The van der Waals surface area contributed by atoms with Crippen LogP contribution >= 0.6 is 0 Å². The molecule has 2 aromatic heterocycles. The van der Waals surface area contributed by atoms with Gasteiger partial charge in [0, 0.05) is 38.5 Å². The van der Waals surface area contributed by atoms with Crippen LogP contribution in [0.3, 0.4) is 0 Å². The second-order valence-electron chi connectivity index (χ2n) is 16.6. The third kappa shape index (κ3) is 3.82. The Labute approximate surface area is 277 Å². The summed E-state index contributed by atoms with van der Waals surface area (Å²) in [5.74, 6) is 0. The van der Waals surface area contributed by atoms with Gasteiger partial charge < -0.3 is 4.57 Å². The minimum Gasteiger partial charge on any atom is -0.309 e. The molecule has 0 unspecified atom stereocenters. The summed E-state index contributed by atoms with van der Waals surface area (Å²) in [6.45, 7) is 20.8. The van der Waals surface area contributed by atoms with E-state index < -0.39 is 0 Å². The SMILES string of the molecule is Cc1ccc2c(n1)-c1c(cc3ccc4cc5c6ccccc6n(-c6cc(C(C)(C)C)cc(C(C)(C)C)c6)c5c5ccc1c3c45)C2(C)C. The number of hydrogen-bond donors (Lipinski definition) is 0. The Morgan fingerprint density at radius 2 is 1.23 bits per heavy atom. The van der Waals surface area contributed by atoms with Crippen LogP contribution in [0.25, 0.3) is 71.1 Å². The van der Waals surface area contributed by atoms with Crippen LogP contribution < -0.4 is 0 Å². The number of hydrogen-bond acceptors (Lipinski definition) is 1. The smallest absolute Gasteiger partial charge is 0.0755 e. The van der Waals surface area contributed by atoms with Gasteiger partial charge in [-0.25, -0.2) is 0 Å². The van der Waals surface area contributed by atoms with Gasteiger partial charge in [0.05, 0.1) is 16.7 Å². The maximum atomic E-state index is 5.16. The minimum absolute atomic E-state index is 0.0254. The Kier molecular flexibility index (Phi) is 5.47. The first-order chi connectivity index (χ1) is 22.2. The molecule has 0 N–H and O–H groups in total. The third-order valence-electron chi connectivity index (χ3n) is 11.1. The van der Waals surface area contributed by atoms with Crippen LogP contribution in [-0.2, 0) is 16.2 Å². The van der Waals surface area contributed by atoms with Crippen molar-refractivity contribution >= 4 is 54.1 Å². The highest BCUT2D eigenvalue weighted by Crippen LogP contribution is 2.53. The van der Waals surface area contributed by atoms with Crippen LogP contribution in [0, 0.1) is 6.92 Å². The molecule has 1 aliphatic carbocycles. The zero-order valence-corrected chi connectivity index (χ0v) is 29.1. The second kappa shape index (κ2) is 9.01. The molecular weight excluding hydrogens is 569 g/mol. The summed E-state index contributed by atoms with van der Waals surface area (Å²) in [6.07, 6.45) is 0. The first-order valence-electron chi connectivity index (χ1n) is 17.1. The van der Waals surface area contributed by atoms with Gasteiger partial charge in [-0.05, 0) is 103 Å². The van der Waals surface area contributed by atoms with Crippen LogP contribution in [0.4, 0.5) is 0 Å². The Morgan fingerprint density at radius 3 is 1.94 bits per heavy atom. The summed E-state index contributed by atoms with van der Waals surface area (Å²) in [5.41, 5.74) is 12.7. The number of benzene rings is 6. The van der Waals surface area contributed by atoms with Crippen molar-refractivity contribution in [2.24, 2.45) is 0 Å². The predicted molar refractivity (Wildman–Crippen MR) is 202 cm³/mol. The fraction of sp³-hybridized carbons (Fsp3) is 0.267. The lowest BCUT2D eigenvalue weighted by molar-refractivity contribution is 0.568. The summed E-state index contributed by atoms with van der Waals surface area (Å²) in [7, 11) is 0. The van der Waals surface area contributed by atoms with Gasteiger partial charge in [0.25, 0.3) is 0 Å². The molecule has 0 saturated carbocycles. The largest absolute Gasteiger partial charge is 0.309 e. The molecule has 8 aromatic rings. The van der Waals surface area contributed by atoms with Gasteiger partial charge >= 0.3 is 0 Å². The van der Waals surface area contributed by atoms with E-state index in [2.05, 4.69) is 158 Å². The molecule has 2 nitrogen and oxygen atoms in total. The van der Waals surface area contributed by atoms with Gasteiger partial charge in [-0.1, -0.05) is 110 Å². The molecule has 0 atom stereocenters. The Morgan fingerprint density at radius 1 is 0.596 bits per heavy atom. The third-order valence-corrected chi connectivity index (χ3v) is 11.1. The molecule has 0 aliphatic heterocycles. The van der Waals surface area contributed by atoms with Gasteiger partial charge in [-0.3, -0.25) is 4.98 Å². The number of pyridine rings is 1. The van der Waals surface area contributed by atoms with Crippen LogP contribution in [0.5, 0.6) is 0 Å². The van der Waals surface area contributed by atoms with E-state index in [9.17, 15) is 0 Å². The standard InChI is InChI=1S/C45H42N2/c1-25-14-19-35-41(46-25)40-32-17-18-33-39-26(15-16-27(38(32)39)21-36(40)45(35,8)9)20-34-31-12-10-11-13-37(31)47(42(33)34)30-23-28(43(2,3)4)22-29(24-30)44(5,6)7/h10-24H,1-9H3. The molecule has 0 radical (unpaired) electrons. The van der Waals surface area contributed by atoms with Crippen molar-refractivity contribution in [2.45, 2.75) is 78.6 Å². The highest BCUT2D eigenvalue weighted by Gasteiger charge is 2.38. The van der Waals surface area contributed by atoms with E-state index in [0.29, 0.717) is 0 Å². The predicted octanol–water partition coefficient (Wildman–Crippen LogP) is 12.3. The summed E-state index contributed by atoms with van der Waals surface area (Å²) in [4.78, 5) is 5.16. The first kappa shape index (κ1) is 28.5. The van der Waals surface area contributed by atoms with Crippen molar-refractivity contribution in [1.29, 1.82) is 0 Å². The van der Waals surface area contributed by atoms with Crippen molar-refractivity contribution in [3.05, 3.63) is 119 Å². The summed E-state index contributed by atoms with van der Waals surface area (Å²) in [5, 5.41) is 10.5. The van der Waals surface area contributed by atoms with Crippen LogP contribution in [0.2, 0.25) is 0 Å². The van der Waals surface area contributed by atoms with Crippen LogP contribution in [0.1, 0.15) is 83.3 Å². The molecule has 0 fully saturated rings. The van der Waals surface area contributed by atoms with E-state index in [-0.39, 0.29) is 16.2 Å². The van der Waals surface area contributed by atoms with Crippen LogP contribution in [0.15, 0.2) is 91.0 Å². The van der Waals surface area contributed by atoms with E-state index >= 15 is 0 Å². The molecule has 232 valence electrons. The monoisotopic (exact) mass is 610 g/mol. The maximum absolute atomic E-state index is 5.16. The van der Waals surface area contributed by atoms with E-state index in [1.54, 1.807) is 0 Å². The molecular formula is C45H42N2. The maximum Gasteiger partial charge on any atom is 0.0755 e. The summed E-state index contributed by atoms with van der Waals surface area (Å²) in [6, 6.07) is 35.1. The first-order valence-corrected chi connectivity index (χ1v) is 17.1. The van der Waals surface area contributed by atoms with Crippen LogP contribution in [-0.4, -0.2) is 9.55 Å². The fourth-order valence-corrected chi connectivity index (χ4v) is 8.42. The van der Waals surface area contributed by atoms with Gasteiger partial charge in [-0.15, -0.1) is 0 Å². The van der Waals surface area contributed by atoms with E-state index in [0.717, 1.165) is 11.4 Å². The van der Waals surface area contributed by atoms with Crippen molar-refractivity contribution in [2.75, 3.05) is 0 Å². The number of rotatable bonds is 1. The topological polar surface area (TPSA) is 17.8 Å². The molecule has 0 amide bonds. The normalized spacial score (nSPS) is 14.7. The van der Waals surface area contributed by atoms with Gasteiger partial charge in [0.2, 0.25) is 0 Å². The van der Waals surface area contributed by atoms with Crippen molar-refractivity contribution in [1.82, 2.24) is 9.55 Å². The number of fused-ring (bicyclic) bond motifs is 8. The Balaban J connectivity index is 1.46. The highest BCUT2D eigenvalue weighted by molar-refractivity contribution is 6.33. The lowest BCUT2D eigenvalue weighted by Gasteiger charge is -2.27. The molecule has 1 aliphatic rings. The Bertz CT molecular complexity index is 2580. The minimum atomic E-state index is -0.0989. The zero-order valence-electron chi connectivity index (χ0n) is 29.1. The molecule has 2 heteroatoms. The fourth-order valence-electron chi connectivity index (χ4n) is 8.42. The number of nitrogens with zero attached hydrogens (tertiary/aromatic N) is 2. The molecule has 9 rings (SSSR count). The van der Waals surface area contributed by atoms with Crippen molar-refractivity contribution in [3.8, 4) is 16.9 Å². The van der Waals surface area contributed by atoms with E-state index in [1.807, 2.05) is 0 Å². The molecule has 0 saturated heterocycles. The zero-order chi connectivity index (χ0) is 32.8. The molecule has 0 bridgehead atoms. The summed E-state index contributed by atoms with van der Waals surface area (Å²) < 4.78 is 2.55. The number of aromatic nitrogens is 2. The van der Waals surface area contributed by atoms with Gasteiger partial charge in [0.15, 0.2) is 0 Å². The summed E-state index contributed by atoms with van der Waals surface area (Å²) >= 11 is 0. The number of aryl methyl sites for hydroxylation is 1. The highest BCUT2D eigenvalue weighted by atomic mass is 15.0. The lowest BCUT2D eigenvalue weighted by Crippen LogP contribution is -2.17. The Hall–Kier alpha value is -4.69. The van der Waals surface area contributed by atoms with E-state index in [4.69, 9.17) is 4.98 Å². The van der Waals surface area contributed by atoms with Crippen molar-refractivity contribution < 1.29 is 0 Å². The molecule has 47 heavy (non-hydrogen) atoms. The quantitative estimate of drug-likeness (QED) is 0.169. The lowest BCUT2D eigenvalue weighted by atomic mass is 9.80. The molecule has 2 heterocycles. The average Bonchev–Trinajstić information content (AvgIpc) is 3.46. The van der Waals surface area contributed by atoms with E-state index in [1.165, 1.54) is 87.6 Å². The average molecular weight is 611 g/mol. The second-order valence-corrected chi connectivity index (χ2v) is 16.6. The van der Waals surface area contributed by atoms with Gasteiger partial charge in [0.1, 0.15) is 0 Å². The molecule has 6 aromatic carbocycles.